The van der Waals surface area contributed by atoms with Crippen LogP contribution in [0.1, 0.15) is 0 Å². The summed E-state index contributed by atoms with van der Waals surface area (Å²) in [6.07, 6.45) is -2.68. The van der Waals surface area contributed by atoms with E-state index >= 15 is 0 Å². The van der Waals surface area contributed by atoms with Crippen molar-refractivity contribution in [2.45, 2.75) is 13.0 Å². The second-order valence-electron chi connectivity index (χ2n) is 4.46. The van der Waals surface area contributed by atoms with Gasteiger partial charge in [-0.25, -0.2) is 8.78 Å². The highest BCUT2D eigenvalue weighted by molar-refractivity contribution is 9.10. The van der Waals surface area contributed by atoms with Crippen LogP contribution in [0.4, 0.5) is 8.78 Å². The molecule has 0 bridgehead atoms. The molecule has 4 nitrogen and oxygen atoms in total. The standard InChI is InChI=1S/C15H10BrClF2N2O2/c16-11-3-4-13(21(15(11)22)8-14(18)19)10-2-1-9(7-12(10)17)23-6-5-20/h1-4,7,14H,6,8H2. The third-order valence-electron chi connectivity index (χ3n) is 2.97. The highest BCUT2D eigenvalue weighted by Gasteiger charge is 2.16. The average Bonchev–Trinajstić information content (AvgIpc) is 2.50. The first-order valence-corrected chi connectivity index (χ1v) is 7.58. The summed E-state index contributed by atoms with van der Waals surface area (Å²) in [4.78, 5) is 12.1. The average molecular weight is 404 g/mol. The Balaban J connectivity index is 2.52. The minimum absolute atomic E-state index is 0.135. The van der Waals surface area contributed by atoms with E-state index in [0.717, 1.165) is 4.57 Å². The van der Waals surface area contributed by atoms with Crippen LogP contribution in [0.3, 0.4) is 0 Å². The number of rotatable bonds is 5. The molecule has 1 aromatic heterocycles. The second-order valence-corrected chi connectivity index (χ2v) is 5.72. The van der Waals surface area contributed by atoms with E-state index in [1.165, 1.54) is 18.2 Å². The fourth-order valence-electron chi connectivity index (χ4n) is 2.02. The molecule has 0 amide bonds. The first-order valence-electron chi connectivity index (χ1n) is 6.41. The van der Waals surface area contributed by atoms with Crippen molar-refractivity contribution >= 4 is 27.5 Å². The first kappa shape index (κ1) is 17.4. The number of alkyl halides is 2. The molecule has 0 aliphatic rings. The van der Waals surface area contributed by atoms with Crippen molar-refractivity contribution in [2.24, 2.45) is 0 Å². The smallest absolute Gasteiger partial charge is 0.265 e. The number of aromatic nitrogens is 1. The fraction of sp³-hybridized carbons (Fsp3) is 0.200. The monoisotopic (exact) mass is 402 g/mol. The third-order valence-corrected chi connectivity index (χ3v) is 3.88. The number of pyridine rings is 1. The molecule has 0 radical (unpaired) electrons. The van der Waals surface area contributed by atoms with Gasteiger partial charge >= 0.3 is 0 Å². The summed E-state index contributed by atoms with van der Waals surface area (Å²) in [5.41, 5.74) is 0.125. The van der Waals surface area contributed by atoms with Crippen LogP contribution in [-0.4, -0.2) is 17.6 Å². The number of benzene rings is 1. The van der Waals surface area contributed by atoms with Crippen molar-refractivity contribution in [3.05, 3.63) is 50.2 Å². The maximum Gasteiger partial charge on any atom is 0.265 e. The van der Waals surface area contributed by atoms with Gasteiger partial charge in [-0.3, -0.25) is 4.79 Å². The first-order chi connectivity index (χ1) is 10.9. The van der Waals surface area contributed by atoms with Crippen LogP contribution in [0.2, 0.25) is 5.02 Å². The summed E-state index contributed by atoms with van der Waals surface area (Å²) in [5.74, 6) is 0.375. The molecule has 0 fully saturated rings. The Kier molecular flexibility index (Phi) is 5.74. The summed E-state index contributed by atoms with van der Waals surface area (Å²) >= 11 is 9.21. The Hall–Kier alpha value is -1.91. The predicted octanol–water partition coefficient (Wildman–Crippen LogP) is 4.10. The molecule has 0 aliphatic heterocycles. The van der Waals surface area contributed by atoms with Crippen LogP contribution in [0, 0.1) is 11.3 Å². The topological polar surface area (TPSA) is 55.0 Å². The van der Waals surface area contributed by atoms with Crippen molar-refractivity contribution in [2.75, 3.05) is 6.61 Å². The van der Waals surface area contributed by atoms with Gasteiger partial charge in [0.2, 0.25) is 0 Å². The van der Waals surface area contributed by atoms with Crippen LogP contribution in [-0.2, 0) is 6.54 Å². The van der Waals surface area contributed by atoms with Gasteiger partial charge in [-0.05, 0) is 46.3 Å². The molecule has 0 saturated carbocycles. The van der Waals surface area contributed by atoms with E-state index in [2.05, 4.69) is 15.9 Å². The van der Waals surface area contributed by atoms with E-state index in [4.69, 9.17) is 21.6 Å². The van der Waals surface area contributed by atoms with Crippen LogP contribution in [0.5, 0.6) is 5.75 Å². The largest absolute Gasteiger partial charge is 0.479 e. The Labute approximate surface area is 144 Å². The lowest BCUT2D eigenvalue weighted by Crippen LogP contribution is -2.25. The van der Waals surface area contributed by atoms with Gasteiger partial charge in [0.15, 0.2) is 6.61 Å². The summed E-state index contributed by atoms with van der Waals surface area (Å²) in [7, 11) is 0. The molecule has 120 valence electrons. The van der Waals surface area contributed by atoms with Gasteiger partial charge in [-0.15, -0.1) is 0 Å². The van der Waals surface area contributed by atoms with Crippen molar-refractivity contribution in [3.63, 3.8) is 0 Å². The summed E-state index contributed by atoms with van der Waals surface area (Å²) in [5, 5.41) is 8.71. The van der Waals surface area contributed by atoms with Crippen LogP contribution < -0.4 is 10.3 Å². The van der Waals surface area contributed by atoms with Crippen molar-refractivity contribution in [1.29, 1.82) is 5.26 Å². The third kappa shape index (κ3) is 4.09. The highest BCUT2D eigenvalue weighted by Crippen LogP contribution is 2.31. The molecule has 0 spiro atoms. The minimum atomic E-state index is -2.68. The number of nitriles is 1. The molecule has 1 aromatic carbocycles. The molecular formula is C15H10BrClF2N2O2. The van der Waals surface area contributed by atoms with Gasteiger partial charge in [0.1, 0.15) is 11.8 Å². The van der Waals surface area contributed by atoms with Gasteiger partial charge in [-0.1, -0.05) is 11.6 Å². The van der Waals surface area contributed by atoms with E-state index in [0.29, 0.717) is 11.3 Å². The zero-order chi connectivity index (χ0) is 17.0. The van der Waals surface area contributed by atoms with Crippen molar-refractivity contribution in [1.82, 2.24) is 4.57 Å². The fourth-order valence-corrected chi connectivity index (χ4v) is 2.63. The minimum Gasteiger partial charge on any atom is -0.479 e. The van der Waals surface area contributed by atoms with Crippen LogP contribution in [0.15, 0.2) is 39.6 Å². The maximum absolute atomic E-state index is 12.8. The van der Waals surface area contributed by atoms with E-state index in [1.54, 1.807) is 12.1 Å². The molecule has 0 N–H and O–H groups in total. The number of hydrogen-bond acceptors (Lipinski definition) is 3. The number of halogens is 4. The van der Waals surface area contributed by atoms with E-state index in [-0.39, 0.29) is 21.8 Å². The van der Waals surface area contributed by atoms with Crippen molar-refractivity contribution in [3.8, 4) is 23.1 Å². The number of hydrogen-bond donors (Lipinski definition) is 0. The highest BCUT2D eigenvalue weighted by atomic mass is 79.9. The van der Waals surface area contributed by atoms with Gasteiger partial charge in [0.25, 0.3) is 12.0 Å². The lowest BCUT2D eigenvalue weighted by Gasteiger charge is -2.15. The zero-order valence-corrected chi connectivity index (χ0v) is 13.9. The van der Waals surface area contributed by atoms with E-state index < -0.39 is 18.5 Å². The molecule has 0 saturated heterocycles. The molecule has 2 rings (SSSR count). The zero-order valence-electron chi connectivity index (χ0n) is 11.6. The molecule has 0 aliphatic carbocycles. The number of ether oxygens (including phenoxy) is 1. The van der Waals surface area contributed by atoms with Gasteiger partial charge < -0.3 is 9.30 Å². The van der Waals surface area contributed by atoms with Crippen LogP contribution in [0.25, 0.3) is 11.3 Å². The lowest BCUT2D eigenvalue weighted by molar-refractivity contribution is 0.126. The molecule has 0 atom stereocenters. The lowest BCUT2D eigenvalue weighted by atomic mass is 10.1. The summed E-state index contributed by atoms with van der Waals surface area (Å²) in [6.45, 7) is -0.874. The Morgan fingerprint density at radius 3 is 2.70 bits per heavy atom. The predicted molar refractivity (Wildman–Crippen MR) is 86.0 cm³/mol. The van der Waals surface area contributed by atoms with E-state index in [9.17, 15) is 13.6 Å². The SMILES string of the molecule is N#CCOc1ccc(-c2ccc(Br)c(=O)n2CC(F)F)c(Cl)c1. The Bertz CT molecular complexity index is 818. The van der Waals surface area contributed by atoms with Crippen molar-refractivity contribution < 1.29 is 13.5 Å². The molecule has 2 aromatic rings. The summed E-state index contributed by atoms with van der Waals surface area (Å²) < 4.78 is 31.8. The van der Waals surface area contributed by atoms with E-state index in [1.807, 2.05) is 6.07 Å². The molecule has 0 unspecified atom stereocenters. The quantitative estimate of drug-likeness (QED) is 0.755. The number of nitrogens with zero attached hydrogens (tertiary/aromatic N) is 2. The second kappa shape index (κ2) is 7.57. The van der Waals surface area contributed by atoms with Gasteiger partial charge in [-0.2, -0.15) is 5.26 Å². The molecule has 8 heteroatoms. The van der Waals surface area contributed by atoms with Crippen LogP contribution >= 0.6 is 27.5 Å². The molecular weight excluding hydrogens is 394 g/mol. The Morgan fingerprint density at radius 1 is 1.35 bits per heavy atom. The molecule has 1 heterocycles. The summed E-state index contributed by atoms with van der Waals surface area (Å²) in [6, 6.07) is 9.42. The maximum atomic E-state index is 12.8. The Morgan fingerprint density at radius 2 is 2.09 bits per heavy atom. The van der Waals surface area contributed by atoms with Gasteiger partial charge in [0.05, 0.1) is 21.7 Å². The van der Waals surface area contributed by atoms with Gasteiger partial charge in [0, 0.05) is 5.56 Å². The molecule has 23 heavy (non-hydrogen) atoms. The normalized spacial score (nSPS) is 10.6.